The summed E-state index contributed by atoms with van der Waals surface area (Å²) in [5, 5.41) is 3.19. The number of benzene rings is 2. The molecule has 1 aromatic heterocycles. The van der Waals surface area contributed by atoms with Gasteiger partial charge < -0.3 is 40.6 Å². The molecule has 0 saturated carbocycles. The first-order valence-corrected chi connectivity index (χ1v) is 10.7. The van der Waals surface area contributed by atoms with Gasteiger partial charge in [-0.3, -0.25) is 4.79 Å². The summed E-state index contributed by atoms with van der Waals surface area (Å²) in [6.07, 6.45) is -4.88. The number of rotatable bonds is 10. The van der Waals surface area contributed by atoms with Crippen molar-refractivity contribution in [1.29, 1.82) is 0 Å². The minimum absolute atomic E-state index is 0. The Balaban J connectivity index is 0.00000481. The predicted molar refractivity (Wildman–Crippen MR) is 123 cm³/mol. The topological polar surface area (TPSA) is 90.2 Å². The number of nitrogens with one attached hydrogen (secondary N) is 1. The fourth-order valence-electron chi connectivity index (χ4n) is 3.47. The molecule has 0 spiro atoms. The van der Waals surface area contributed by atoms with Crippen molar-refractivity contribution in [3.63, 3.8) is 0 Å². The van der Waals surface area contributed by atoms with Crippen LogP contribution in [0, 0.1) is 44.1 Å². The molecule has 0 saturated heterocycles. The van der Waals surface area contributed by atoms with Gasteiger partial charge in [0.2, 0.25) is 11.8 Å². The molecule has 2 aromatic carbocycles. The molecule has 2 amide bonds. The minimum atomic E-state index is -4.88. The summed E-state index contributed by atoms with van der Waals surface area (Å²) in [6, 6.07) is 13.3. The van der Waals surface area contributed by atoms with E-state index in [0.717, 1.165) is 12.1 Å². The van der Waals surface area contributed by atoms with Gasteiger partial charge in [-0.05, 0) is 23.7 Å². The number of carbonyl (C=O) groups excluding carboxylic acids is 2. The number of para-hydroxylation sites is 1. The van der Waals surface area contributed by atoms with E-state index in [2.05, 4.69) is 23.0 Å². The summed E-state index contributed by atoms with van der Waals surface area (Å²) in [5.41, 5.74) is -0.963. The third kappa shape index (κ3) is 7.66. The number of alkyl halides is 3. The third-order valence-corrected chi connectivity index (χ3v) is 5.32. The molecule has 0 fully saturated rings. The van der Waals surface area contributed by atoms with Crippen LogP contribution in [-0.4, -0.2) is 56.0 Å². The summed E-state index contributed by atoms with van der Waals surface area (Å²) in [6.45, 7) is 5.25. The van der Waals surface area contributed by atoms with E-state index >= 15 is 0 Å². The molecule has 8 nitrogen and oxygen atoms in total. The SMILES string of the molecule is [CH2-]C(C)(C(=O)NCc1cc(OC(F)(F)F)ccc1OC)N(CCOC)C(=O)c1[c-]c2ccccc2o1.[U+2]. The molecule has 37 heavy (non-hydrogen) atoms. The average molecular weight is 745 g/mol. The van der Waals surface area contributed by atoms with Crippen molar-refractivity contribution in [2.24, 2.45) is 0 Å². The van der Waals surface area contributed by atoms with E-state index in [1.165, 1.54) is 32.1 Å². The predicted octanol–water partition coefficient (Wildman–Crippen LogP) is 4.14. The zero-order chi connectivity index (χ0) is 26.5. The molecule has 1 heterocycles. The number of fused-ring (bicyclic) bond motifs is 1. The van der Waals surface area contributed by atoms with Gasteiger partial charge >= 0.3 is 37.5 Å². The molecule has 0 radical (unpaired) electrons. The van der Waals surface area contributed by atoms with Crippen LogP contribution in [0.3, 0.4) is 0 Å². The van der Waals surface area contributed by atoms with Gasteiger partial charge in [-0.1, -0.05) is 25.1 Å². The second-order valence-corrected chi connectivity index (χ2v) is 7.98. The van der Waals surface area contributed by atoms with E-state index in [-0.39, 0.29) is 67.9 Å². The van der Waals surface area contributed by atoms with Crippen molar-refractivity contribution in [1.82, 2.24) is 10.2 Å². The van der Waals surface area contributed by atoms with Gasteiger partial charge in [0.25, 0.3) is 0 Å². The molecule has 0 aliphatic carbocycles. The minimum Gasteiger partial charge on any atom is -0.514 e. The molecule has 0 aliphatic heterocycles. The molecule has 1 N–H and O–H groups in total. The average Bonchev–Trinajstić information content (AvgIpc) is 3.26. The maximum atomic E-state index is 13.3. The van der Waals surface area contributed by atoms with E-state index in [0.29, 0.717) is 11.0 Å². The van der Waals surface area contributed by atoms with E-state index < -0.39 is 29.5 Å². The van der Waals surface area contributed by atoms with Crippen molar-refractivity contribution in [2.75, 3.05) is 27.4 Å². The first-order valence-electron chi connectivity index (χ1n) is 10.7. The second kappa shape index (κ2) is 12.7. The quantitative estimate of drug-likeness (QED) is 0.315. The van der Waals surface area contributed by atoms with E-state index in [1.54, 1.807) is 24.3 Å². The van der Waals surface area contributed by atoms with E-state index in [4.69, 9.17) is 13.9 Å². The van der Waals surface area contributed by atoms with Crippen LogP contribution in [0.1, 0.15) is 23.0 Å². The number of amides is 2. The van der Waals surface area contributed by atoms with Gasteiger partial charge in [-0.15, -0.1) is 30.7 Å². The maximum absolute atomic E-state index is 13.3. The summed E-state index contributed by atoms with van der Waals surface area (Å²) < 4.78 is 57.6. The van der Waals surface area contributed by atoms with Gasteiger partial charge in [0.05, 0.1) is 19.5 Å². The number of nitrogens with zero attached hydrogens (tertiary/aromatic N) is 1. The standard InChI is InChI=1S/C25H25F3N2O6.U/c1-24(2,23(32)29-15-17-13-18(36-25(26,27)28)9-10-19(17)34-4)30(11-12-33-3)22(31)21-14-16-7-5-6-8-20(16)35-21;/h5-10,13H,1,11-12,15H2,2-4H3,(H,29,32);/q-2;+2. The molecule has 196 valence electrons. The van der Waals surface area contributed by atoms with Gasteiger partial charge in [0.15, 0.2) is 0 Å². The first kappa shape index (κ1) is 30.5. The Morgan fingerprint density at radius 3 is 2.49 bits per heavy atom. The summed E-state index contributed by atoms with van der Waals surface area (Å²) >= 11 is 0. The second-order valence-electron chi connectivity index (χ2n) is 7.98. The Morgan fingerprint density at radius 1 is 1.16 bits per heavy atom. The first-order chi connectivity index (χ1) is 17.0. The molecular formula is C25H25F3N2O6U. The van der Waals surface area contributed by atoms with Crippen molar-refractivity contribution in [3.05, 3.63) is 66.8 Å². The number of hydrogen-bond acceptors (Lipinski definition) is 6. The summed E-state index contributed by atoms with van der Waals surface area (Å²) in [5.74, 6) is -1.64. The Morgan fingerprint density at radius 2 is 1.86 bits per heavy atom. The maximum Gasteiger partial charge on any atom is 2.00 e. The fourth-order valence-corrected chi connectivity index (χ4v) is 3.47. The Labute approximate surface area is 235 Å². The van der Waals surface area contributed by atoms with Crippen LogP contribution >= 0.6 is 0 Å². The fraction of sp³-hybridized carbons (Fsp3) is 0.320. The molecule has 12 heteroatoms. The normalized spacial score (nSPS) is 12.8. The Bertz CT molecular complexity index is 1200. The number of methoxy groups -OCH3 is 2. The Hall–Kier alpha value is -2.68. The molecular weight excluding hydrogens is 719 g/mol. The van der Waals surface area contributed by atoms with Gasteiger partial charge in [0, 0.05) is 31.3 Å². The molecule has 1 unspecified atom stereocenters. The zero-order valence-corrected chi connectivity index (χ0v) is 24.6. The number of hydrogen-bond donors (Lipinski definition) is 1. The van der Waals surface area contributed by atoms with Crippen molar-refractivity contribution < 1.29 is 72.5 Å². The van der Waals surface area contributed by atoms with Crippen LogP contribution in [0.25, 0.3) is 11.0 Å². The van der Waals surface area contributed by atoms with Crippen LogP contribution in [-0.2, 0) is 16.1 Å². The van der Waals surface area contributed by atoms with Crippen molar-refractivity contribution in [2.45, 2.75) is 25.4 Å². The van der Waals surface area contributed by atoms with E-state index in [1.807, 2.05) is 0 Å². The molecule has 3 rings (SSSR count). The number of ether oxygens (including phenoxy) is 3. The van der Waals surface area contributed by atoms with Crippen LogP contribution < -0.4 is 14.8 Å². The molecule has 0 bridgehead atoms. The summed E-state index contributed by atoms with van der Waals surface area (Å²) in [7, 11) is 2.78. The van der Waals surface area contributed by atoms with Crippen LogP contribution in [0.2, 0.25) is 0 Å². The molecule has 1 atom stereocenters. The summed E-state index contributed by atoms with van der Waals surface area (Å²) in [4.78, 5) is 27.6. The third-order valence-electron chi connectivity index (χ3n) is 5.32. The van der Waals surface area contributed by atoms with Crippen molar-refractivity contribution >= 4 is 22.8 Å². The van der Waals surface area contributed by atoms with Gasteiger partial charge in [-0.2, -0.15) is 0 Å². The largest absolute Gasteiger partial charge is 2.00 e. The number of carbonyl (C=O) groups is 2. The van der Waals surface area contributed by atoms with Gasteiger partial charge in [0.1, 0.15) is 11.5 Å². The van der Waals surface area contributed by atoms with E-state index in [9.17, 15) is 22.8 Å². The zero-order valence-electron chi connectivity index (χ0n) is 20.4. The molecule has 3 aromatic rings. The van der Waals surface area contributed by atoms with Crippen LogP contribution in [0.5, 0.6) is 11.5 Å². The molecule has 0 aliphatic rings. The number of halogens is 3. The smallest absolute Gasteiger partial charge is 0.514 e. The van der Waals surface area contributed by atoms with Crippen molar-refractivity contribution in [3.8, 4) is 11.5 Å². The Kier molecular flexibility index (Phi) is 10.5. The number of furan rings is 1. The van der Waals surface area contributed by atoms with Gasteiger partial charge in [-0.25, -0.2) is 0 Å². The monoisotopic (exact) mass is 744 g/mol. The van der Waals surface area contributed by atoms with Crippen LogP contribution in [0.15, 0.2) is 46.9 Å². The van der Waals surface area contributed by atoms with Crippen LogP contribution in [0.4, 0.5) is 13.2 Å².